The quantitative estimate of drug-likeness (QED) is 0.612. The van der Waals surface area contributed by atoms with Crippen molar-refractivity contribution in [2.24, 2.45) is 7.05 Å². The van der Waals surface area contributed by atoms with Gasteiger partial charge in [-0.2, -0.15) is 5.10 Å². The molecule has 0 saturated heterocycles. The Morgan fingerprint density at radius 3 is 2.48 bits per heavy atom. The highest BCUT2D eigenvalue weighted by atomic mass is 16.5. The molecule has 2 heterocycles. The number of methoxy groups -OCH3 is 2. The number of aromatic nitrogens is 2. The number of carbonyl (C=O) groups is 1. The Morgan fingerprint density at radius 2 is 1.74 bits per heavy atom. The Labute approximate surface area is 183 Å². The molecule has 0 saturated carbocycles. The molecule has 6 nitrogen and oxygen atoms in total. The van der Waals surface area contributed by atoms with Crippen molar-refractivity contribution in [1.82, 2.24) is 14.7 Å². The minimum atomic E-state index is 0.191. The number of fused-ring (bicyclic) bond motifs is 1. The highest BCUT2D eigenvalue weighted by Gasteiger charge is 2.24. The van der Waals surface area contributed by atoms with Gasteiger partial charge in [0.2, 0.25) is 5.91 Å². The summed E-state index contributed by atoms with van der Waals surface area (Å²) in [4.78, 5) is 15.0. The topological polar surface area (TPSA) is 56.6 Å². The molecule has 4 rings (SSSR count). The molecule has 0 N–H and O–H groups in total. The van der Waals surface area contributed by atoms with Crippen molar-refractivity contribution in [3.63, 3.8) is 0 Å². The highest BCUT2D eigenvalue weighted by Crippen LogP contribution is 2.29. The summed E-state index contributed by atoms with van der Waals surface area (Å²) < 4.78 is 12.6. The molecular formula is C25H29N3O3. The van der Waals surface area contributed by atoms with Crippen LogP contribution in [0.2, 0.25) is 0 Å². The third kappa shape index (κ3) is 4.43. The van der Waals surface area contributed by atoms with E-state index >= 15 is 0 Å². The van der Waals surface area contributed by atoms with Crippen LogP contribution in [0.25, 0.3) is 11.3 Å². The van der Waals surface area contributed by atoms with E-state index in [2.05, 4.69) is 12.1 Å². The molecular weight excluding hydrogens is 390 g/mol. The van der Waals surface area contributed by atoms with E-state index < -0.39 is 0 Å². The molecule has 0 radical (unpaired) electrons. The normalized spacial score (nSPS) is 13.5. The van der Waals surface area contributed by atoms with Crippen LogP contribution in [-0.2, 0) is 31.1 Å². The summed E-state index contributed by atoms with van der Waals surface area (Å²) in [6.45, 7) is 1.45. The third-order valence-electron chi connectivity index (χ3n) is 6.00. The van der Waals surface area contributed by atoms with Gasteiger partial charge in [0.25, 0.3) is 0 Å². The minimum absolute atomic E-state index is 0.191. The number of aryl methyl sites for hydroxylation is 2. The predicted octanol–water partition coefficient (Wildman–Crippen LogP) is 3.66. The fourth-order valence-electron chi connectivity index (χ4n) is 4.30. The molecule has 3 aromatic rings. The number of nitrogens with zero attached hydrogens (tertiary/aromatic N) is 3. The molecule has 2 aromatic carbocycles. The Bertz CT molecular complexity index is 1060. The zero-order valence-corrected chi connectivity index (χ0v) is 18.4. The molecule has 1 aliphatic rings. The summed E-state index contributed by atoms with van der Waals surface area (Å²) in [5.74, 6) is 1.58. The van der Waals surface area contributed by atoms with Crippen LogP contribution in [0.4, 0.5) is 0 Å². The molecule has 1 amide bonds. The lowest BCUT2D eigenvalue weighted by molar-refractivity contribution is -0.131. The molecule has 0 unspecified atom stereocenters. The van der Waals surface area contributed by atoms with E-state index in [9.17, 15) is 4.79 Å². The van der Waals surface area contributed by atoms with Crippen molar-refractivity contribution in [2.45, 2.75) is 25.7 Å². The second kappa shape index (κ2) is 9.25. The van der Waals surface area contributed by atoms with Crippen LogP contribution in [0.5, 0.6) is 11.5 Å². The lowest BCUT2D eigenvalue weighted by Crippen LogP contribution is -2.33. The Hall–Kier alpha value is -3.28. The number of hydrogen-bond donors (Lipinski definition) is 0. The third-order valence-corrected chi connectivity index (χ3v) is 6.00. The smallest absolute Gasteiger partial charge is 0.222 e. The second-order valence-corrected chi connectivity index (χ2v) is 7.83. The SMILES string of the molecule is COc1ccc(CCC(=O)N2CCc3c(-c4ccccc4)nn(C)c3CC2)cc1OC. The van der Waals surface area contributed by atoms with Gasteiger partial charge in [0.15, 0.2) is 11.5 Å². The van der Waals surface area contributed by atoms with Gasteiger partial charge in [-0.3, -0.25) is 9.48 Å². The van der Waals surface area contributed by atoms with Crippen LogP contribution in [0.15, 0.2) is 48.5 Å². The zero-order valence-electron chi connectivity index (χ0n) is 18.4. The molecule has 0 atom stereocenters. The first-order chi connectivity index (χ1) is 15.1. The fourth-order valence-corrected chi connectivity index (χ4v) is 4.30. The maximum Gasteiger partial charge on any atom is 0.222 e. The van der Waals surface area contributed by atoms with Crippen molar-refractivity contribution < 1.29 is 14.3 Å². The summed E-state index contributed by atoms with van der Waals surface area (Å²) >= 11 is 0. The van der Waals surface area contributed by atoms with E-state index in [4.69, 9.17) is 14.6 Å². The molecule has 31 heavy (non-hydrogen) atoms. The fraction of sp³-hybridized carbons (Fsp3) is 0.360. The lowest BCUT2D eigenvalue weighted by Gasteiger charge is -2.20. The van der Waals surface area contributed by atoms with E-state index in [-0.39, 0.29) is 5.91 Å². The maximum absolute atomic E-state index is 13.0. The van der Waals surface area contributed by atoms with Crippen LogP contribution in [0.3, 0.4) is 0 Å². The monoisotopic (exact) mass is 419 g/mol. The molecule has 162 valence electrons. The average molecular weight is 420 g/mol. The number of amides is 1. The van der Waals surface area contributed by atoms with Crippen LogP contribution >= 0.6 is 0 Å². The van der Waals surface area contributed by atoms with E-state index in [0.717, 1.165) is 42.8 Å². The van der Waals surface area contributed by atoms with Crippen molar-refractivity contribution in [2.75, 3.05) is 27.3 Å². The maximum atomic E-state index is 13.0. The summed E-state index contributed by atoms with van der Waals surface area (Å²) in [5, 5.41) is 4.77. The molecule has 0 spiro atoms. The molecule has 0 aliphatic carbocycles. The molecule has 6 heteroatoms. The second-order valence-electron chi connectivity index (χ2n) is 7.83. The first-order valence-electron chi connectivity index (χ1n) is 10.7. The first-order valence-corrected chi connectivity index (χ1v) is 10.7. The van der Waals surface area contributed by atoms with E-state index in [1.165, 1.54) is 11.3 Å². The number of benzene rings is 2. The predicted molar refractivity (Wildman–Crippen MR) is 120 cm³/mol. The highest BCUT2D eigenvalue weighted by molar-refractivity contribution is 5.77. The standard InChI is InChI=1S/C25H29N3O3/c1-27-21-14-16-28(15-13-20(21)25(26-27)19-7-5-4-6-8-19)24(29)12-10-18-9-11-22(30-2)23(17-18)31-3/h4-9,11,17H,10,12-16H2,1-3H3. The summed E-state index contributed by atoms with van der Waals surface area (Å²) in [5.41, 5.74) is 5.74. The Kier molecular flexibility index (Phi) is 6.26. The van der Waals surface area contributed by atoms with Gasteiger partial charge in [-0.1, -0.05) is 36.4 Å². The van der Waals surface area contributed by atoms with Gasteiger partial charge >= 0.3 is 0 Å². The molecule has 0 fully saturated rings. The lowest BCUT2D eigenvalue weighted by atomic mass is 10.0. The van der Waals surface area contributed by atoms with Gasteiger partial charge in [-0.15, -0.1) is 0 Å². The van der Waals surface area contributed by atoms with Crippen LogP contribution in [0, 0.1) is 0 Å². The average Bonchev–Trinajstić information content (AvgIpc) is 2.98. The molecule has 1 aliphatic heterocycles. The number of ether oxygens (including phenoxy) is 2. The molecule has 1 aromatic heterocycles. The largest absolute Gasteiger partial charge is 0.493 e. The Balaban J connectivity index is 1.42. The summed E-state index contributed by atoms with van der Waals surface area (Å²) in [6, 6.07) is 16.1. The van der Waals surface area contributed by atoms with E-state index in [1.54, 1.807) is 14.2 Å². The van der Waals surface area contributed by atoms with Crippen molar-refractivity contribution in [1.29, 1.82) is 0 Å². The van der Waals surface area contributed by atoms with Gasteiger partial charge in [0.1, 0.15) is 0 Å². The van der Waals surface area contributed by atoms with Gasteiger partial charge in [0.05, 0.1) is 19.9 Å². The van der Waals surface area contributed by atoms with Gasteiger partial charge in [-0.25, -0.2) is 0 Å². The van der Waals surface area contributed by atoms with Crippen LogP contribution in [-0.4, -0.2) is 47.9 Å². The zero-order chi connectivity index (χ0) is 21.8. The van der Waals surface area contributed by atoms with Crippen LogP contribution in [0.1, 0.15) is 23.2 Å². The Morgan fingerprint density at radius 1 is 1.00 bits per heavy atom. The van der Waals surface area contributed by atoms with Crippen molar-refractivity contribution in [3.05, 3.63) is 65.4 Å². The van der Waals surface area contributed by atoms with Crippen molar-refractivity contribution in [3.8, 4) is 22.8 Å². The van der Waals surface area contributed by atoms with Gasteiger partial charge in [0, 0.05) is 49.8 Å². The minimum Gasteiger partial charge on any atom is -0.493 e. The number of rotatable bonds is 6. The van der Waals surface area contributed by atoms with Crippen LogP contribution < -0.4 is 9.47 Å². The van der Waals surface area contributed by atoms with Gasteiger partial charge < -0.3 is 14.4 Å². The molecule has 0 bridgehead atoms. The van der Waals surface area contributed by atoms with E-state index in [0.29, 0.717) is 24.3 Å². The van der Waals surface area contributed by atoms with E-state index in [1.807, 2.05) is 53.0 Å². The summed E-state index contributed by atoms with van der Waals surface area (Å²) in [7, 11) is 5.25. The first kappa shape index (κ1) is 21.0. The van der Waals surface area contributed by atoms with Crippen molar-refractivity contribution >= 4 is 5.91 Å². The number of hydrogen-bond acceptors (Lipinski definition) is 4. The summed E-state index contributed by atoms with van der Waals surface area (Å²) in [6.07, 6.45) is 2.82. The van der Waals surface area contributed by atoms with Gasteiger partial charge in [-0.05, 0) is 30.5 Å². The number of carbonyl (C=O) groups excluding carboxylic acids is 1.